The van der Waals surface area contributed by atoms with Crippen molar-refractivity contribution in [3.63, 3.8) is 0 Å². The lowest BCUT2D eigenvalue weighted by atomic mass is 10.3. The quantitative estimate of drug-likeness (QED) is 0.933. The molecule has 0 aliphatic heterocycles. The number of nitrogens with zero attached hydrogens (tertiary/aromatic N) is 2. The highest BCUT2D eigenvalue weighted by Gasteiger charge is 2.02. The first-order valence-corrected chi connectivity index (χ1v) is 7.11. The Morgan fingerprint density at radius 1 is 1.35 bits per heavy atom. The van der Waals surface area contributed by atoms with E-state index in [9.17, 15) is 0 Å². The van der Waals surface area contributed by atoms with Gasteiger partial charge in [0.05, 0.1) is 10.3 Å². The van der Waals surface area contributed by atoms with E-state index >= 15 is 0 Å². The van der Waals surface area contributed by atoms with Crippen LogP contribution in [0.5, 0.6) is 0 Å². The lowest BCUT2D eigenvalue weighted by Gasteiger charge is -2.06. The topological polar surface area (TPSA) is 37.8 Å². The van der Waals surface area contributed by atoms with E-state index in [2.05, 4.69) is 50.3 Å². The Morgan fingerprint density at radius 2 is 2.18 bits per heavy atom. The normalized spacial score (nSPS) is 10.5. The predicted octanol–water partition coefficient (Wildman–Crippen LogP) is 3.78. The molecule has 0 saturated heterocycles. The number of thiophene rings is 1. The number of rotatable bonds is 4. The van der Waals surface area contributed by atoms with Gasteiger partial charge in [0.1, 0.15) is 11.6 Å². The van der Waals surface area contributed by atoms with Gasteiger partial charge in [0.25, 0.3) is 0 Å². The molecule has 0 bridgehead atoms. The molecule has 0 saturated carbocycles. The van der Waals surface area contributed by atoms with Crippen LogP contribution in [-0.2, 0) is 13.0 Å². The minimum atomic E-state index is 0.801. The molecule has 0 radical (unpaired) electrons. The van der Waals surface area contributed by atoms with Crippen LogP contribution in [0.2, 0.25) is 0 Å². The van der Waals surface area contributed by atoms with Crippen molar-refractivity contribution >= 4 is 33.1 Å². The average molecular weight is 312 g/mol. The fourth-order valence-electron chi connectivity index (χ4n) is 1.53. The zero-order chi connectivity index (χ0) is 12.3. The largest absolute Gasteiger partial charge is 0.365 e. The minimum absolute atomic E-state index is 0.801. The maximum Gasteiger partial charge on any atom is 0.130 e. The zero-order valence-electron chi connectivity index (χ0n) is 9.83. The summed E-state index contributed by atoms with van der Waals surface area (Å²) < 4.78 is 1.16. The van der Waals surface area contributed by atoms with Crippen LogP contribution in [0.3, 0.4) is 0 Å². The van der Waals surface area contributed by atoms with Crippen LogP contribution in [-0.4, -0.2) is 9.97 Å². The Morgan fingerprint density at radius 3 is 2.82 bits per heavy atom. The van der Waals surface area contributed by atoms with Gasteiger partial charge in [0.2, 0.25) is 0 Å². The van der Waals surface area contributed by atoms with Crippen molar-refractivity contribution in [2.24, 2.45) is 0 Å². The summed E-state index contributed by atoms with van der Waals surface area (Å²) in [6.45, 7) is 4.82. The van der Waals surface area contributed by atoms with Gasteiger partial charge in [0, 0.05) is 16.6 Å². The molecule has 1 N–H and O–H groups in total. The third-order valence-electron chi connectivity index (χ3n) is 2.33. The van der Waals surface area contributed by atoms with E-state index in [1.165, 1.54) is 4.88 Å². The molecular formula is C12H14BrN3S. The fourth-order valence-corrected chi connectivity index (χ4v) is 2.95. The molecule has 5 heteroatoms. The number of halogens is 1. The molecule has 0 aliphatic rings. The Bertz CT molecular complexity index is 510. The monoisotopic (exact) mass is 311 g/mol. The smallest absolute Gasteiger partial charge is 0.130 e. The van der Waals surface area contributed by atoms with Gasteiger partial charge in [-0.2, -0.15) is 0 Å². The molecule has 0 fully saturated rings. The Hall–Kier alpha value is -0.940. The second-order valence-electron chi connectivity index (χ2n) is 3.70. The summed E-state index contributed by atoms with van der Waals surface area (Å²) in [6, 6.07) is 6.18. The van der Waals surface area contributed by atoms with E-state index in [1.54, 1.807) is 11.3 Å². The molecule has 0 aliphatic carbocycles. The number of hydrogen-bond acceptors (Lipinski definition) is 4. The summed E-state index contributed by atoms with van der Waals surface area (Å²) in [5, 5.41) is 3.33. The van der Waals surface area contributed by atoms with Gasteiger partial charge in [0.15, 0.2) is 0 Å². The van der Waals surface area contributed by atoms with E-state index in [0.717, 1.165) is 34.1 Å². The van der Waals surface area contributed by atoms with Crippen LogP contribution in [0, 0.1) is 6.92 Å². The Labute approximate surface area is 113 Å². The molecule has 0 aromatic carbocycles. The fraction of sp³-hybridized carbons (Fsp3) is 0.333. The van der Waals surface area contributed by atoms with E-state index in [-0.39, 0.29) is 0 Å². The first-order chi connectivity index (χ1) is 8.17. The van der Waals surface area contributed by atoms with Crippen LogP contribution in [0.15, 0.2) is 22.0 Å². The molecule has 17 heavy (non-hydrogen) atoms. The summed E-state index contributed by atoms with van der Waals surface area (Å²) >= 11 is 5.19. The molecule has 2 heterocycles. The lowest BCUT2D eigenvalue weighted by Crippen LogP contribution is -2.03. The summed E-state index contributed by atoms with van der Waals surface area (Å²) in [5.41, 5.74) is 1.08. The van der Waals surface area contributed by atoms with Gasteiger partial charge in [-0.25, -0.2) is 9.97 Å². The lowest BCUT2D eigenvalue weighted by molar-refractivity contribution is 0.943. The SMILES string of the molecule is CCc1cc(NCc2ccc(Br)s2)nc(C)n1. The first kappa shape index (κ1) is 12.5. The number of anilines is 1. The van der Waals surface area contributed by atoms with E-state index in [0.29, 0.717) is 0 Å². The molecule has 0 spiro atoms. The molecule has 3 nitrogen and oxygen atoms in total. The zero-order valence-corrected chi connectivity index (χ0v) is 12.2. The number of hydrogen-bond donors (Lipinski definition) is 1. The van der Waals surface area contributed by atoms with Crippen molar-refractivity contribution in [1.29, 1.82) is 0 Å². The third kappa shape index (κ3) is 3.51. The molecule has 2 aromatic heterocycles. The highest BCUT2D eigenvalue weighted by atomic mass is 79.9. The van der Waals surface area contributed by atoms with Gasteiger partial charge in [-0.05, 0) is 41.4 Å². The summed E-state index contributed by atoms with van der Waals surface area (Å²) in [5.74, 6) is 1.72. The molecule has 2 rings (SSSR count). The van der Waals surface area contributed by atoms with Gasteiger partial charge in [-0.1, -0.05) is 6.92 Å². The average Bonchev–Trinajstić information content (AvgIpc) is 2.72. The van der Waals surface area contributed by atoms with Crippen molar-refractivity contribution in [2.75, 3.05) is 5.32 Å². The number of aromatic nitrogens is 2. The first-order valence-electron chi connectivity index (χ1n) is 5.50. The van der Waals surface area contributed by atoms with Gasteiger partial charge >= 0.3 is 0 Å². The van der Waals surface area contributed by atoms with E-state index in [1.807, 2.05) is 13.0 Å². The molecule has 0 atom stereocenters. The van der Waals surface area contributed by atoms with Gasteiger partial charge in [-0.15, -0.1) is 11.3 Å². The van der Waals surface area contributed by atoms with Crippen molar-refractivity contribution in [1.82, 2.24) is 9.97 Å². The molecule has 0 amide bonds. The molecule has 90 valence electrons. The Balaban J connectivity index is 2.05. The summed E-state index contributed by atoms with van der Waals surface area (Å²) in [4.78, 5) is 10.0. The van der Waals surface area contributed by atoms with Crippen LogP contribution < -0.4 is 5.32 Å². The van der Waals surface area contributed by atoms with Crippen molar-refractivity contribution in [3.8, 4) is 0 Å². The number of aryl methyl sites for hydroxylation is 2. The molecule has 2 aromatic rings. The van der Waals surface area contributed by atoms with Crippen molar-refractivity contribution in [3.05, 3.63) is 38.4 Å². The highest BCUT2D eigenvalue weighted by Crippen LogP contribution is 2.22. The third-order valence-corrected chi connectivity index (χ3v) is 3.95. The number of nitrogens with one attached hydrogen (secondary N) is 1. The molecular weight excluding hydrogens is 298 g/mol. The van der Waals surface area contributed by atoms with E-state index in [4.69, 9.17) is 0 Å². The van der Waals surface area contributed by atoms with Crippen LogP contribution in [0.25, 0.3) is 0 Å². The maximum absolute atomic E-state index is 4.37. The molecule has 0 unspecified atom stereocenters. The second kappa shape index (κ2) is 5.60. The standard InChI is InChI=1S/C12H14BrN3S/c1-3-9-6-12(16-8(2)15-9)14-7-10-4-5-11(13)17-10/h4-6H,3,7H2,1-2H3,(H,14,15,16). The maximum atomic E-state index is 4.37. The minimum Gasteiger partial charge on any atom is -0.365 e. The van der Waals surface area contributed by atoms with Crippen LogP contribution >= 0.6 is 27.3 Å². The summed E-state index contributed by atoms with van der Waals surface area (Å²) in [6.07, 6.45) is 0.933. The van der Waals surface area contributed by atoms with Gasteiger partial charge in [-0.3, -0.25) is 0 Å². The van der Waals surface area contributed by atoms with E-state index < -0.39 is 0 Å². The van der Waals surface area contributed by atoms with Crippen molar-refractivity contribution < 1.29 is 0 Å². The van der Waals surface area contributed by atoms with Gasteiger partial charge < -0.3 is 5.32 Å². The van der Waals surface area contributed by atoms with Crippen LogP contribution in [0.4, 0.5) is 5.82 Å². The Kier molecular flexibility index (Phi) is 4.12. The highest BCUT2D eigenvalue weighted by molar-refractivity contribution is 9.11. The second-order valence-corrected chi connectivity index (χ2v) is 6.25. The predicted molar refractivity (Wildman–Crippen MR) is 75.5 cm³/mol. The van der Waals surface area contributed by atoms with Crippen molar-refractivity contribution in [2.45, 2.75) is 26.8 Å². The summed E-state index contributed by atoms with van der Waals surface area (Å²) in [7, 11) is 0. The van der Waals surface area contributed by atoms with Crippen LogP contribution in [0.1, 0.15) is 23.3 Å².